The van der Waals surface area contributed by atoms with E-state index in [-0.39, 0.29) is 11.8 Å². The minimum absolute atomic E-state index is 0.190. The van der Waals surface area contributed by atoms with Gasteiger partial charge in [-0.05, 0) is 25.7 Å². The summed E-state index contributed by atoms with van der Waals surface area (Å²) in [6.45, 7) is 2.30. The summed E-state index contributed by atoms with van der Waals surface area (Å²) in [4.78, 5) is 11.7. The van der Waals surface area contributed by atoms with Gasteiger partial charge in [0.25, 0.3) is 0 Å². The van der Waals surface area contributed by atoms with Gasteiger partial charge in [-0.3, -0.25) is 4.79 Å². The topological polar surface area (TPSA) is 38.3 Å². The van der Waals surface area contributed by atoms with Crippen molar-refractivity contribution in [1.29, 1.82) is 0 Å². The molecule has 0 aliphatic carbocycles. The van der Waals surface area contributed by atoms with E-state index in [1.165, 1.54) is 12.8 Å². The van der Waals surface area contributed by atoms with Crippen molar-refractivity contribution in [3.8, 4) is 0 Å². The summed E-state index contributed by atoms with van der Waals surface area (Å²) >= 11 is 3.39. The van der Waals surface area contributed by atoms with E-state index < -0.39 is 0 Å². The van der Waals surface area contributed by atoms with Gasteiger partial charge in [0, 0.05) is 31.0 Å². The van der Waals surface area contributed by atoms with Crippen molar-refractivity contribution < 1.29 is 9.53 Å². The molecule has 1 fully saturated rings. The van der Waals surface area contributed by atoms with E-state index in [0.29, 0.717) is 0 Å². The lowest BCUT2D eigenvalue weighted by molar-refractivity contribution is -0.127. The van der Waals surface area contributed by atoms with Gasteiger partial charge >= 0.3 is 0 Å². The van der Waals surface area contributed by atoms with Crippen LogP contribution < -0.4 is 5.32 Å². The zero-order valence-corrected chi connectivity index (χ0v) is 10.7. The molecule has 0 atom stereocenters. The Hall–Kier alpha value is -0.0900. The summed E-state index contributed by atoms with van der Waals surface area (Å²) in [5, 5.41) is 4.06. The fraction of sp³-hybridized carbons (Fsp3) is 0.909. The molecule has 88 valence electrons. The molecular weight excluding hydrogens is 258 g/mol. The third-order valence-electron chi connectivity index (χ3n) is 2.70. The highest BCUT2D eigenvalue weighted by atomic mass is 79.9. The van der Waals surface area contributed by atoms with Crippen LogP contribution in [0.15, 0.2) is 0 Å². The zero-order chi connectivity index (χ0) is 10.9. The Morgan fingerprint density at radius 2 is 2.00 bits per heavy atom. The molecule has 0 aromatic carbocycles. The minimum Gasteiger partial charge on any atom is -0.381 e. The van der Waals surface area contributed by atoms with Crippen molar-refractivity contribution in [1.82, 2.24) is 5.32 Å². The molecule has 0 aromatic rings. The Balaban J connectivity index is 2.02. The highest BCUT2D eigenvalue weighted by molar-refractivity contribution is 9.09. The summed E-state index contributed by atoms with van der Waals surface area (Å²) < 4.78 is 5.22. The molecule has 0 aromatic heterocycles. The minimum atomic E-state index is 0.190. The van der Waals surface area contributed by atoms with E-state index in [9.17, 15) is 4.79 Å². The Bertz CT molecular complexity index is 181. The summed E-state index contributed by atoms with van der Waals surface area (Å²) in [5.74, 6) is 0.409. The molecule has 1 amide bonds. The van der Waals surface area contributed by atoms with E-state index in [4.69, 9.17) is 4.74 Å². The van der Waals surface area contributed by atoms with Crippen molar-refractivity contribution >= 4 is 21.8 Å². The van der Waals surface area contributed by atoms with Gasteiger partial charge in [0.1, 0.15) is 0 Å². The molecule has 1 aliphatic heterocycles. The molecule has 0 unspecified atom stereocenters. The molecule has 1 heterocycles. The van der Waals surface area contributed by atoms with Gasteiger partial charge in [0.2, 0.25) is 5.91 Å². The number of ether oxygens (including phenoxy) is 1. The highest BCUT2D eigenvalue weighted by Crippen LogP contribution is 2.14. The van der Waals surface area contributed by atoms with Crippen LogP contribution in [-0.4, -0.2) is 31.0 Å². The molecule has 0 saturated carbocycles. The molecule has 0 bridgehead atoms. The lowest BCUT2D eigenvalue weighted by Gasteiger charge is -2.21. The Morgan fingerprint density at radius 1 is 1.27 bits per heavy atom. The predicted octanol–water partition coefficient (Wildman–Crippen LogP) is 2.09. The SMILES string of the molecule is O=C(NCCCCCBr)C1CCOCC1. The number of carbonyl (C=O) groups is 1. The molecule has 1 rings (SSSR count). The predicted molar refractivity (Wildman–Crippen MR) is 64.2 cm³/mol. The molecule has 1 saturated heterocycles. The van der Waals surface area contributed by atoms with Crippen LogP contribution >= 0.6 is 15.9 Å². The number of halogens is 1. The first-order chi connectivity index (χ1) is 7.34. The summed E-state index contributed by atoms with van der Waals surface area (Å²) in [5.41, 5.74) is 0. The van der Waals surface area contributed by atoms with Gasteiger partial charge in [-0.1, -0.05) is 22.4 Å². The normalized spacial score (nSPS) is 17.7. The highest BCUT2D eigenvalue weighted by Gasteiger charge is 2.20. The van der Waals surface area contributed by atoms with E-state index in [0.717, 1.165) is 44.4 Å². The second kappa shape index (κ2) is 8.11. The molecule has 3 nitrogen and oxygen atoms in total. The molecule has 1 aliphatic rings. The van der Waals surface area contributed by atoms with Gasteiger partial charge in [0.15, 0.2) is 0 Å². The summed E-state index contributed by atoms with van der Waals surface area (Å²) in [6.07, 6.45) is 5.22. The maximum absolute atomic E-state index is 11.7. The maximum Gasteiger partial charge on any atom is 0.223 e. The smallest absolute Gasteiger partial charge is 0.223 e. The fourth-order valence-corrected chi connectivity index (χ4v) is 2.11. The van der Waals surface area contributed by atoms with E-state index in [1.807, 2.05) is 0 Å². The van der Waals surface area contributed by atoms with Crippen LogP contribution in [0.5, 0.6) is 0 Å². The van der Waals surface area contributed by atoms with Gasteiger partial charge in [-0.2, -0.15) is 0 Å². The number of hydrogen-bond donors (Lipinski definition) is 1. The largest absolute Gasteiger partial charge is 0.381 e. The number of carbonyl (C=O) groups excluding carboxylic acids is 1. The second-order valence-corrected chi connectivity index (χ2v) is 4.72. The van der Waals surface area contributed by atoms with Gasteiger partial charge in [-0.25, -0.2) is 0 Å². The van der Waals surface area contributed by atoms with Gasteiger partial charge in [-0.15, -0.1) is 0 Å². The van der Waals surface area contributed by atoms with Gasteiger partial charge in [0.05, 0.1) is 0 Å². The molecule has 0 spiro atoms. The third kappa shape index (κ3) is 5.52. The van der Waals surface area contributed by atoms with Crippen molar-refractivity contribution in [2.24, 2.45) is 5.92 Å². The van der Waals surface area contributed by atoms with Crippen molar-refractivity contribution in [2.45, 2.75) is 32.1 Å². The Kier molecular flexibility index (Phi) is 7.01. The van der Waals surface area contributed by atoms with E-state index in [2.05, 4.69) is 21.2 Å². The monoisotopic (exact) mass is 277 g/mol. The maximum atomic E-state index is 11.7. The first-order valence-electron chi connectivity index (χ1n) is 5.76. The number of amides is 1. The lowest BCUT2D eigenvalue weighted by Crippen LogP contribution is -2.34. The number of hydrogen-bond acceptors (Lipinski definition) is 2. The number of rotatable bonds is 6. The first-order valence-corrected chi connectivity index (χ1v) is 6.88. The second-order valence-electron chi connectivity index (χ2n) is 3.93. The van der Waals surface area contributed by atoms with E-state index in [1.54, 1.807) is 0 Å². The van der Waals surface area contributed by atoms with Crippen LogP contribution in [0.4, 0.5) is 0 Å². The number of alkyl halides is 1. The summed E-state index contributed by atoms with van der Waals surface area (Å²) in [7, 11) is 0. The fourth-order valence-electron chi connectivity index (χ4n) is 1.71. The van der Waals surface area contributed by atoms with Crippen LogP contribution in [0.25, 0.3) is 0 Å². The standard InChI is InChI=1S/C11H20BrNO2/c12-6-2-1-3-7-13-11(14)10-4-8-15-9-5-10/h10H,1-9H2,(H,13,14). The third-order valence-corrected chi connectivity index (χ3v) is 3.26. The average Bonchev–Trinajstić information content (AvgIpc) is 2.30. The molecule has 1 N–H and O–H groups in total. The van der Waals surface area contributed by atoms with Crippen LogP contribution in [0, 0.1) is 5.92 Å². The summed E-state index contributed by atoms with van der Waals surface area (Å²) in [6, 6.07) is 0. The van der Waals surface area contributed by atoms with Crippen LogP contribution in [-0.2, 0) is 9.53 Å². The Labute approximate surface area is 100 Å². The quantitative estimate of drug-likeness (QED) is 0.597. The molecule has 4 heteroatoms. The number of unbranched alkanes of at least 4 members (excludes halogenated alkanes) is 2. The van der Waals surface area contributed by atoms with Crippen molar-refractivity contribution in [3.63, 3.8) is 0 Å². The molecular formula is C11H20BrNO2. The van der Waals surface area contributed by atoms with Crippen LogP contribution in [0.1, 0.15) is 32.1 Å². The van der Waals surface area contributed by atoms with Crippen molar-refractivity contribution in [3.05, 3.63) is 0 Å². The Morgan fingerprint density at radius 3 is 2.67 bits per heavy atom. The molecule has 15 heavy (non-hydrogen) atoms. The van der Waals surface area contributed by atoms with E-state index >= 15 is 0 Å². The average molecular weight is 278 g/mol. The lowest BCUT2D eigenvalue weighted by atomic mass is 9.99. The van der Waals surface area contributed by atoms with Crippen LogP contribution in [0.2, 0.25) is 0 Å². The van der Waals surface area contributed by atoms with Crippen molar-refractivity contribution in [2.75, 3.05) is 25.1 Å². The number of nitrogens with one attached hydrogen (secondary N) is 1. The van der Waals surface area contributed by atoms with Gasteiger partial charge < -0.3 is 10.1 Å². The zero-order valence-electron chi connectivity index (χ0n) is 9.14. The van der Waals surface area contributed by atoms with Crippen LogP contribution in [0.3, 0.4) is 0 Å². The molecule has 0 radical (unpaired) electrons. The first kappa shape index (κ1) is 13.0.